The van der Waals surface area contributed by atoms with Crippen LogP contribution in [-0.4, -0.2) is 24.2 Å². The SMILES string of the molecule is C/C=C\C(=C/C)c1noc(C)c1C(=O)Nc1ccc(N(CC)CC)cc1. The van der Waals surface area contributed by atoms with Crippen molar-refractivity contribution in [2.45, 2.75) is 34.6 Å². The fraction of sp³-hybridized carbons (Fsp3) is 0.333. The Balaban J connectivity index is 2.24. The van der Waals surface area contributed by atoms with E-state index in [-0.39, 0.29) is 5.91 Å². The third kappa shape index (κ3) is 4.23. The maximum atomic E-state index is 12.8. The monoisotopic (exact) mass is 353 g/mol. The highest BCUT2D eigenvalue weighted by molar-refractivity contribution is 6.08. The van der Waals surface area contributed by atoms with Gasteiger partial charge in [0.05, 0.1) is 0 Å². The van der Waals surface area contributed by atoms with Crippen molar-refractivity contribution in [3.63, 3.8) is 0 Å². The molecule has 2 aromatic rings. The van der Waals surface area contributed by atoms with Crippen LogP contribution in [0, 0.1) is 6.92 Å². The molecule has 0 radical (unpaired) electrons. The van der Waals surface area contributed by atoms with Crippen LogP contribution >= 0.6 is 0 Å². The predicted molar refractivity (Wildman–Crippen MR) is 108 cm³/mol. The molecule has 0 aliphatic rings. The first-order valence-electron chi connectivity index (χ1n) is 8.97. The zero-order valence-corrected chi connectivity index (χ0v) is 16.2. The maximum Gasteiger partial charge on any atom is 0.261 e. The van der Waals surface area contributed by atoms with E-state index >= 15 is 0 Å². The maximum absolute atomic E-state index is 12.8. The summed E-state index contributed by atoms with van der Waals surface area (Å²) in [5.74, 6) is 0.277. The smallest absolute Gasteiger partial charge is 0.261 e. The van der Waals surface area contributed by atoms with Gasteiger partial charge in [0, 0.05) is 24.5 Å². The number of nitrogens with one attached hydrogen (secondary N) is 1. The summed E-state index contributed by atoms with van der Waals surface area (Å²) in [5.41, 5.74) is 3.75. The number of carbonyl (C=O) groups is 1. The van der Waals surface area contributed by atoms with E-state index in [0.717, 1.165) is 30.0 Å². The predicted octanol–water partition coefficient (Wildman–Crippen LogP) is 5.06. The van der Waals surface area contributed by atoms with Crippen molar-refractivity contribution in [3.8, 4) is 0 Å². The molecule has 0 spiro atoms. The van der Waals surface area contributed by atoms with Gasteiger partial charge in [0.1, 0.15) is 17.0 Å². The highest BCUT2D eigenvalue weighted by atomic mass is 16.5. The highest BCUT2D eigenvalue weighted by Gasteiger charge is 2.22. The largest absolute Gasteiger partial charge is 0.372 e. The van der Waals surface area contributed by atoms with E-state index in [1.165, 1.54) is 0 Å². The van der Waals surface area contributed by atoms with E-state index in [2.05, 4.69) is 29.2 Å². The molecule has 2 rings (SSSR count). The second-order valence-corrected chi connectivity index (χ2v) is 5.88. The van der Waals surface area contributed by atoms with Crippen LogP contribution in [0.5, 0.6) is 0 Å². The van der Waals surface area contributed by atoms with Crippen LogP contribution in [-0.2, 0) is 0 Å². The molecule has 1 aromatic carbocycles. The van der Waals surface area contributed by atoms with Gasteiger partial charge in [-0.15, -0.1) is 0 Å². The van der Waals surface area contributed by atoms with Crippen LogP contribution in [0.15, 0.2) is 47.0 Å². The van der Waals surface area contributed by atoms with Crippen LogP contribution in [0.4, 0.5) is 11.4 Å². The zero-order valence-electron chi connectivity index (χ0n) is 16.2. The van der Waals surface area contributed by atoms with Gasteiger partial charge in [0.25, 0.3) is 5.91 Å². The number of carbonyl (C=O) groups excluding carboxylic acids is 1. The first kappa shape index (κ1) is 19.5. The molecule has 26 heavy (non-hydrogen) atoms. The summed E-state index contributed by atoms with van der Waals surface area (Å²) < 4.78 is 5.27. The highest BCUT2D eigenvalue weighted by Crippen LogP contribution is 2.24. The molecule has 1 heterocycles. The lowest BCUT2D eigenvalue weighted by molar-refractivity contribution is 0.102. The molecular weight excluding hydrogens is 326 g/mol. The number of anilines is 2. The number of benzene rings is 1. The van der Waals surface area contributed by atoms with Crippen LogP contribution in [0.25, 0.3) is 5.57 Å². The van der Waals surface area contributed by atoms with Crippen molar-refractivity contribution in [1.82, 2.24) is 5.16 Å². The molecule has 1 amide bonds. The lowest BCUT2D eigenvalue weighted by atomic mass is 10.0. The number of rotatable bonds is 7. The van der Waals surface area contributed by atoms with Gasteiger partial charge in [-0.3, -0.25) is 4.79 Å². The molecule has 1 N–H and O–H groups in total. The first-order chi connectivity index (χ1) is 12.5. The quantitative estimate of drug-likeness (QED) is 0.707. The minimum atomic E-state index is -0.224. The Morgan fingerprint density at radius 2 is 1.85 bits per heavy atom. The van der Waals surface area contributed by atoms with Gasteiger partial charge in [-0.05, 0) is 64.5 Å². The van der Waals surface area contributed by atoms with E-state index < -0.39 is 0 Å². The topological polar surface area (TPSA) is 58.4 Å². The minimum Gasteiger partial charge on any atom is -0.372 e. The molecule has 0 fully saturated rings. The second-order valence-electron chi connectivity index (χ2n) is 5.88. The molecule has 138 valence electrons. The van der Waals surface area contributed by atoms with Gasteiger partial charge in [-0.2, -0.15) is 0 Å². The van der Waals surface area contributed by atoms with Crippen molar-refractivity contribution in [1.29, 1.82) is 0 Å². The van der Waals surface area contributed by atoms with Crippen molar-refractivity contribution >= 4 is 22.9 Å². The van der Waals surface area contributed by atoms with Gasteiger partial charge >= 0.3 is 0 Å². The van der Waals surface area contributed by atoms with Gasteiger partial charge in [0.2, 0.25) is 0 Å². The Hall–Kier alpha value is -2.82. The molecule has 0 atom stereocenters. The molecule has 5 nitrogen and oxygen atoms in total. The molecule has 0 saturated carbocycles. The van der Waals surface area contributed by atoms with Crippen LogP contribution < -0.4 is 10.2 Å². The van der Waals surface area contributed by atoms with E-state index in [0.29, 0.717) is 17.0 Å². The molecule has 0 aliphatic heterocycles. The number of hydrogen-bond donors (Lipinski definition) is 1. The summed E-state index contributed by atoms with van der Waals surface area (Å²) in [6.07, 6.45) is 5.73. The fourth-order valence-electron chi connectivity index (χ4n) is 2.87. The van der Waals surface area contributed by atoms with Crippen molar-refractivity contribution < 1.29 is 9.32 Å². The van der Waals surface area contributed by atoms with E-state index in [4.69, 9.17) is 4.52 Å². The molecule has 5 heteroatoms. The Morgan fingerprint density at radius 1 is 1.19 bits per heavy atom. The average Bonchev–Trinajstić information content (AvgIpc) is 3.03. The van der Waals surface area contributed by atoms with Gasteiger partial charge in [-0.1, -0.05) is 23.4 Å². The Morgan fingerprint density at radius 3 is 2.38 bits per heavy atom. The van der Waals surface area contributed by atoms with E-state index in [1.807, 2.05) is 56.3 Å². The summed E-state index contributed by atoms with van der Waals surface area (Å²) in [6, 6.07) is 7.86. The molecular formula is C21H27N3O2. The molecule has 0 saturated heterocycles. The molecule has 0 unspecified atom stereocenters. The summed E-state index contributed by atoms with van der Waals surface area (Å²) in [4.78, 5) is 15.1. The number of nitrogens with zero attached hydrogens (tertiary/aromatic N) is 2. The van der Waals surface area contributed by atoms with Crippen LogP contribution in [0.2, 0.25) is 0 Å². The lowest BCUT2D eigenvalue weighted by Crippen LogP contribution is -2.21. The first-order valence-corrected chi connectivity index (χ1v) is 8.97. The lowest BCUT2D eigenvalue weighted by Gasteiger charge is -2.21. The van der Waals surface area contributed by atoms with Gasteiger partial charge in [-0.25, -0.2) is 0 Å². The summed E-state index contributed by atoms with van der Waals surface area (Å²) >= 11 is 0. The number of hydrogen-bond acceptors (Lipinski definition) is 4. The fourth-order valence-corrected chi connectivity index (χ4v) is 2.87. The number of amides is 1. The Kier molecular flexibility index (Phi) is 6.78. The molecule has 0 aliphatic carbocycles. The number of allylic oxidation sites excluding steroid dienone is 4. The third-order valence-electron chi connectivity index (χ3n) is 4.27. The molecule has 1 aromatic heterocycles. The number of aromatic nitrogens is 1. The zero-order chi connectivity index (χ0) is 19.1. The standard InChI is InChI=1S/C21H27N3O2/c1-6-10-16(7-2)20-19(15(5)26-23-20)21(25)22-17-11-13-18(14-12-17)24(8-3)9-4/h6-7,10-14H,8-9H2,1-5H3,(H,22,25)/b10-6-,16-7+. The molecule has 0 bridgehead atoms. The summed E-state index contributed by atoms with van der Waals surface area (Å²) in [7, 11) is 0. The van der Waals surface area contributed by atoms with Crippen LogP contribution in [0.3, 0.4) is 0 Å². The van der Waals surface area contributed by atoms with Gasteiger partial charge < -0.3 is 14.7 Å². The van der Waals surface area contributed by atoms with Crippen molar-refractivity contribution in [2.75, 3.05) is 23.3 Å². The average molecular weight is 353 g/mol. The van der Waals surface area contributed by atoms with Crippen molar-refractivity contribution in [2.24, 2.45) is 0 Å². The minimum absolute atomic E-state index is 0.224. The summed E-state index contributed by atoms with van der Waals surface area (Å²) in [5, 5.41) is 7.01. The van der Waals surface area contributed by atoms with E-state index in [1.54, 1.807) is 6.92 Å². The van der Waals surface area contributed by atoms with Crippen LogP contribution in [0.1, 0.15) is 49.5 Å². The second kappa shape index (κ2) is 9.04. The van der Waals surface area contributed by atoms with Gasteiger partial charge in [0.15, 0.2) is 0 Å². The Labute approximate surface area is 155 Å². The third-order valence-corrected chi connectivity index (χ3v) is 4.27. The number of aryl methyl sites for hydroxylation is 1. The van der Waals surface area contributed by atoms with Crippen molar-refractivity contribution in [3.05, 3.63) is 59.5 Å². The normalized spacial score (nSPS) is 11.8. The van der Waals surface area contributed by atoms with E-state index in [9.17, 15) is 4.79 Å². The summed E-state index contributed by atoms with van der Waals surface area (Å²) in [6.45, 7) is 11.7. The Bertz CT molecular complexity index is 797.